The molecule has 2 rings (SSSR count). The molecule has 102 valence electrons. The van der Waals surface area contributed by atoms with E-state index in [9.17, 15) is 9.59 Å². The third-order valence-corrected chi connectivity index (χ3v) is 4.48. The van der Waals surface area contributed by atoms with Gasteiger partial charge in [0.1, 0.15) is 0 Å². The minimum atomic E-state index is 0.150. The highest BCUT2D eigenvalue weighted by Crippen LogP contribution is 2.45. The molecule has 2 aliphatic rings. The Hall–Kier alpha value is -1.06. The van der Waals surface area contributed by atoms with E-state index in [2.05, 4.69) is 5.32 Å². The second-order valence-electron chi connectivity index (χ2n) is 5.78. The fraction of sp³-hybridized carbons (Fsp3) is 0.857. The number of hydrogen-bond acceptors (Lipinski definition) is 2. The first-order valence-corrected chi connectivity index (χ1v) is 7.16. The summed E-state index contributed by atoms with van der Waals surface area (Å²) in [7, 11) is 0. The lowest BCUT2D eigenvalue weighted by Gasteiger charge is -2.24. The molecule has 2 unspecified atom stereocenters. The number of hydrogen-bond donors (Lipinski definition) is 1. The molecule has 1 aliphatic carbocycles. The number of likely N-dealkylation sites (tertiary alicyclic amines) is 1. The number of nitrogens with one attached hydrogen (secondary N) is 1. The summed E-state index contributed by atoms with van der Waals surface area (Å²) in [6.45, 7) is 5.61. The van der Waals surface area contributed by atoms with Gasteiger partial charge < -0.3 is 10.2 Å². The molecular weight excluding hydrogens is 228 g/mol. The third kappa shape index (κ3) is 2.68. The van der Waals surface area contributed by atoms with Crippen molar-refractivity contribution in [1.82, 2.24) is 10.2 Å². The minimum Gasteiger partial charge on any atom is -0.353 e. The molecule has 1 N–H and O–H groups in total. The van der Waals surface area contributed by atoms with Crippen LogP contribution in [-0.2, 0) is 9.59 Å². The molecule has 0 aromatic heterocycles. The topological polar surface area (TPSA) is 49.4 Å². The Kier molecular flexibility index (Phi) is 3.93. The van der Waals surface area contributed by atoms with Crippen LogP contribution in [0.1, 0.15) is 52.4 Å². The van der Waals surface area contributed by atoms with Crippen molar-refractivity contribution in [3.8, 4) is 0 Å². The van der Waals surface area contributed by atoms with Crippen LogP contribution in [0.15, 0.2) is 0 Å². The van der Waals surface area contributed by atoms with Crippen molar-refractivity contribution in [2.45, 2.75) is 58.4 Å². The van der Waals surface area contributed by atoms with E-state index in [0.717, 1.165) is 38.8 Å². The Balaban J connectivity index is 1.88. The molecule has 0 bridgehead atoms. The van der Waals surface area contributed by atoms with Gasteiger partial charge in [-0.3, -0.25) is 9.59 Å². The lowest BCUT2D eigenvalue weighted by Crippen LogP contribution is -2.35. The lowest BCUT2D eigenvalue weighted by atomic mass is 9.85. The molecule has 0 radical (unpaired) electrons. The summed E-state index contributed by atoms with van der Waals surface area (Å²) in [4.78, 5) is 25.1. The van der Waals surface area contributed by atoms with Crippen LogP contribution in [0.5, 0.6) is 0 Å². The van der Waals surface area contributed by atoms with Gasteiger partial charge in [-0.05, 0) is 31.1 Å². The molecule has 1 saturated heterocycles. The van der Waals surface area contributed by atoms with E-state index in [1.54, 1.807) is 0 Å². The zero-order valence-corrected chi connectivity index (χ0v) is 11.5. The van der Waals surface area contributed by atoms with Crippen LogP contribution in [0, 0.1) is 5.41 Å². The molecule has 18 heavy (non-hydrogen) atoms. The van der Waals surface area contributed by atoms with Gasteiger partial charge >= 0.3 is 0 Å². The summed E-state index contributed by atoms with van der Waals surface area (Å²) in [5, 5.41) is 3.10. The van der Waals surface area contributed by atoms with Gasteiger partial charge in [-0.2, -0.15) is 0 Å². The molecule has 4 nitrogen and oxygen atoms in total. The van der Waals surface area contributed by atoms with Crippen molar-refractivity contribution in [3.05, 3.63) is 0 Å². The molecular formula is C14H24N2O2. The Morgan fingerprint density at radius 3 is 2.72 bits per heavy atom. The molecule has 4 heteroatoms. The first-order chi connectivity index (χ1) is 8.58. The maximum Gasteiger partial charge on any atom is 0.222 e. The molecule has 2 fully saturated rings. The normalized spacial score (nSPS) is 31.0. The van der Waals surface area contributed by atoms with Crippen molar-refractivity contribution in [2.24, 2.45) is 5.41 Å². The molecule has 0 aromatic carbocycles. The lowest BCUT2D eigenvalue weighted by molar-refractivity contribution is -0.130. The monoisotopic (exact) mass is 252 g/mol. The summed E-state index contributed by atoms with van der Waals surface area (Å²) in [5.74, 6) is 0.421. The Bertz CT molecular complexity index is 343. The van der Waals surface area contributed by atoms with Gasteiger partial charge in [0.2, 0.25) is 11.8 Å². The van der Waals surface area contributed by atoms with E-state index >= 15 is 0 Å². The Labute approximate surface area is 109 Å². The zero-order valence-electron chi connectivity index (χ0n) is 11.5. The first kappa shape index (κ1) is 13.4. The maximum absolute atomic E-state index is 11.7. The Morgan fingerprint density at radius 2 is 2.06 bits per heavy atom. The SMILES string of the molecule is CCC(=O)NC1CCC2(CCN(C(=O)CC)C2)C1. The van der Waals surface area contributed by atoms with Crippen LogP contribution in [0.2, 0.25) is 0 Å². The Morgan fingerprint density at radius 1 is 1.28 bits per heavy atom. The van der Waals surface area contributed by atoms with Gasteiger partial charge in [0, 0.05) is 32.0 Å². The van der Waals surface area contributed by atoms with Crippen molar-refractivity contribution >= 4 is 11.8 Å². The van der Waals surface area contributed by atoms with E-state index in [0.29, 0.717) is 18.9 Å². The number of carbonyl (C=O) groups is 2. The standard InChI is InChI=1S/C14H24N2O2/c1-3-12(17)15-11-5-6-14(9-11)7-8-16(10-14)13(18)4-2/h11H,3-10H2,1-2H3,(H,15,17). The second kappa shape index (κ2) is 5.29. The second-order valence-corrected chi connectivity index (χ2v) is 5.78. The van der Waals surface area contributed by atoms with Gasteiger partial charge in [0.05, 0.1) is 0 Å². The predicted octanol–water partition coefficient (Wildman–Crippen LogP) is 1.69. The van der Waals surface area contributed by atoms with Gasteiger partial charge in [-0.15, -0.1) is 0 Å². The van der Waals surface area contributed by atoms with Crippen molar-refractivity contribution in [2.75, 3.05) is 13.1 Å². The zero-order chi connectivity index (χ0) is 13.2. The highest BCUT2D eigenvalue weighted by atomic mass is 16.2. The molecule has 1 saturated carbocycles. The van der Waals surface area contributed by atoms with Crippen LogP contribution < -0.4 is 5.32 Å². The van der Waals surface area contributed by atoms with Crippen LogP contribution in [0.4, 0.5) is 0 Å². The number of rotatable bonds is 3. The fourth-order valence-corrected chi connectivity index (χ4v) is 3.40. The van der Waals surface area contributed by atoms with E-state index in [1.807, 2.05) is 18.7 Å². The summed E-state index contributed by atoms with van der Waals surface area (Å²) >= 11 is 0. The summed E-state index contributed by atoms with van der Waals surface area (Å²) in [6, 6.07) is 0.328. The minimum absolute atomic E-state index is 0.150. The third-order valence-electron chi connectivity index (χ3n) is 4.48. The van der Waals surface area contributed by atoms with E-state index in [4.69, 9.17) is 0 Å². The summed E-state index contributed by atoms with van der Waals surface area (Å²) in [6.07, 6.45) is 5.54. The van der Waals surface area contributed by atoms with Crippen molar-refractivity contribution in [3.63, 3.8) is 0 Å². The highest BCUT2D eigenvalue weighted by Gasteiger charge is 2.45. The molecule has 1 aliphatic heterocycles. The maximum atomic E-state index is 11.7. The van der Waals surface area contributed by atoms with E-state index in [1.165, 1.54) is 0 Å². The molecule has 1 heterocycles. The number of carbonyl (C=O) groups excluding carboxylic acids is 2. The number of nitrogens with zero attached hydrogens (tertiary/aromatic N) is 1. The smallest absolute Gasteiger partial charge is 0.222 e. The first-order valence-electron chi connectivity index (χ1n) is 7.16. The van der Waals surface area contributed by atoms with E-state index < -0.39 is 0 Å². The van der Waals surface area contributed by atoms with Crippen LogP contribution >= 0.6 is 0 Å². The molecule has 0 aromatic rings. The fourth-order valence-electron chi connectivity index (χ4n) is 3.40. The quantitative estimate of drug-likeness (QED) is 0.831. The average molecular weight is 252 g/mol. The van der Waals surface area contributed by atoms with Gasteiger partial charge in [-0.1, -0.05) is 13.8 Å². The highest BCUT2D eigenvalue weighted by molar-refractivity contribution is 5.76. The van der Waals surface area contributed by atoms with Gasteiger partial charge in [0.25, 0.3) is 0 Å². The van der Waals surface area contributed by atoms with Gasteiger partial charge in [0.15, 0.2) is 0 Å². The number of amides is 2. The largest absolute Gasteiger partial charge is 0.353 e. The van der Waals surface area contributed by atoms with Gasteiger partial charge in [-0.25, -0.2) is 0 Å². The predicted molar refractivity (Wildman–Crippen MR) is 70.0 cm³/mol. The summed E-state index contributed by atoms with van der Waals surface area (Å²) in [5.41, 5.74) is 0.288. The molecule has 1 spiro atoms. The summed E-state index contributed by atoms with van der Waals surface area (Å²) < 4.78 is 0. The molecule has 2 atom stereocenters. The van der Waals surface area contributed by atoms with Crippen LogP contribution in [0.25, 0.3) is 0 Å². The van der Waals surface area contributed by atoms with Crippen molar-refractivity contribution < 1.29 is 9.59 Å². The van der Waals surface area contributed by atoms with E-state index in [-0.39, 0.29) is 17.2 Å². The van der Waals surface area contributed by atoms with Crippen molar-refractivity contribution in [1.29, 1.82) is 0 Å². The molecule has 2 amide bonds. The van der Waals surface area contributed by atoms with Crippen LogP contribution in [-0.4, -0.2) is 35.8 Å². The average Bonchev–Trinajstić information content (AvgIpc) is 2.96. The van der Waals surface area contributed by atoms with Crippen LogP contribution in [0.3, 0.4) is 0 Å².